The van der Waals surface area contributed by atoms with Gasteiger partial charge in [-0.05, 0) is 47.9 Å². The number of benzene rings is 2. The second-order valence-corrected chi connectivity index (χ2v) is 8.92. The highest BCUT2D eigenvalue weighted by molar-refractivity contribution is 5.56. The number of aryl methyl sites for hydroxylation is 2. The van der Waals surface area contributed by atoms with Crippen LogP contribution in [0.1, 0.15) is 63.8 Å². The highest BCUT2D eigenvalue weighted by atomic mass is 16.5. The van der Waals surface area contributed by atoms with E-state index in [1.165, 1.54) is 0 Å². The first-order chi connectivity index (χ1) is 11.3. The monoisotopic (exact) mass is 342 g/mol. The molecule has 2 N–H and O–H groups in total. The van der Waals surface area contributed by atoms with Crippen LogP contribution in [0.5, 0.6) is 23.0 Å². The Balaban J connectivity index is 2.58. The van der Waals surface area contributed by atoms with Gasteiger partial charge in [0.2, 0.25) is 0 Å². The third-order valence-electron chi connectivity index (χ3n) is 4.27. The molecule has 0 fully saturated rings. The smallest absolute Gasteiger partial charge is 0.169 e. The summed E-state index contributed by atoms with van der Waals surface area (Å²) < 4.78 is 5.97. The molecule has 3 heteroatoms. The fourth-order valence-electron chi connectivity index (χ4n) is 2.91. The van der Waals surface area contributed by atoms with Crippen molar-refractivity contribution in [1.29, 1.82) is 0 Å². The van der Waals surface area contributed by atoms with E-state index >= 15 is 0 Å². The molecule has 2 aromatic rings. The number of ether oxygens (including phenoxy) is 1. The van der Waals surface area contributed by atoms with E-state index in [-0.39, 0.29) is 22.3 Å². The molecule has 0 aliphatic heterocycles. The van der Waals surface area contributed by atoms with Crippen LogP contribution in [0, 0.1) is 13.8 Å². The lowest BCUT2D eigenvalue weighted by Gasteiger charge is -2.24. The van der Waals surface area contributed by atoms with Crippen molar-refractivity contribution in [3.8, 4) is 23.0 Å². The summed E-state index contributed by atoms with van der Waals surface area (Å²) in [5.74, 6) is 0.976. The summed E-state index contributed by atoms with van der Waals surface area (Å²) in [6.45, 7) is 16.2. The van der Waals surface area contributed by atoms with Crippen LogP contribution in [0.2, 0.25) is 0 Å². The van der Waals surface area contributed by atoms with Gasteiger partial charge in [0, 0.05) is 11.1 Å². The van der Waals surface area contributed by atoms with Gasteiger partial charge in [0.05, 0.1) is 0 Å². The second-order valence-electron chi connectivity index (χ2n) is 8.92. The van der Waals surface area contributed by atoms with E-state index in [0.29, 0.717) is 11.5 Å². The Morgan fingerprint density at radius 1 is 0.640 bits per heavy atom. The highest BCUT2D eigenvalue weighted by Crippen LogP contribution is 2.45. The van der Waals surface area contributed by atoms with Crippen LogP contribution in [-0.4, -0.2) is 10.2 Å². The third-order valence-corrected chi connectivity index (χ3v) is 4.27. The fourth-order valence-corrected chi connectivity index (χ4v) is 2.91. The Morgan fingerprint density at radius 2 is 0.960 bits per heavy atom. The molecule has 0 amide bonds. The van der Waals surface area contributed by atoms with Gasteiger partial charge < -0.3 is 14.9 Å². The van der Waals surface area contributed by atoms with E-state index in [4.69, 9.17) is 4.74 Å². The number of phenolic OH excluding ortho intramolecular Hbond substituents is 2. The summed E-state index contributed by atoms with van der Waals surface area (Å²) in [4.78, 5) is 0. The molecule has 0 heterocycles. The maximum absolute atomic E-state index is 10.7. The number of phenols is 2. The van der Waals surface area contributed by atoms with E-state index in [9.17, 15) is 10.2 Å². The van der Waals surface area contributed by atoms with Crippen molar-refractivity contribution in [3.05, 3.63) is 46.5 Å². The molecule has 0 radical (unpaired) electrons. The van der Waals surface area contributed by atoms with Crippen molar-refractivity contribution < 1.29 is 14.9 Å². The average Bonchev–Trinajstić information content (AvgIpc) is 2.43. The van der Waals surface area contributed by atoms with E-state index in [1.807, 2.05) is 67.5 Å². The molecule has 136 valence electrons. The largest absolute Gasteiger partial charge is 0.504 e. The quantitative estimate of drug-likeness (QED) is 0.693. The molecule has 3 nitrogen and oxygen atoms in total. The van der Waals surface area contributed by atoms with Crippen LogP contribution in [-0.2, 0) is 10.8 Å². The van der Waals surface area contributed by atoms with Gasteiger partial charge in [-0.15, -0.1) is 0 Å². The Kier molecular flexibility index (Phi) is 4.82. The zero-order chi connectivity index (χ0) is 19.2. The molecule has 0 aliphatic carbocycles. The predicted molar refractivity (Wildman–Crippen MR) is 103 cm³/mol. The Bertz CT molecular complexity index is 723. The van der Waals surface area contributed by atoms with Gasteiger partial charge >= 0.3 is 0 Å². The summed E-state index contributed by atoms with van der Waals surface area (Å²) >= 11 is 0. The lowest BCUT2D eigenvalue weighted by Crippen LogP contribution is -2.13. The van der Waals surface area contributed by atoms with E-state index in [2.05, 4.69) is 0 Å². The predicted octanol–water partition coefficient (Wildman–Crippen LogP) is 6.10. The van der Waals surface area contributed by atoms with Gasteiger partial charge in [-0.1, -0.05) is 53.7 Å². The molecule has 0 unspecified atom stereocenters. The molecule has 0 bridgehead atoms. The fraction of sp³-hybridized carbons (Fsp3) is 0.455. The van der Waals surface area contributed by atoms with Crippen molar-refractivity contribution >= 4 is 0 Å². The van der Waals surface area contributed by atoms with Gasteiger partial charge in [0.1, 0.15) is 0 Å². The summed E-state index contributed by atoms with van der Waals surface area (Å²) in [6, 6.07) is 7.53. The normalized spacial score (nSPS) is 12.3. The Labute approximate surface area is 151 Å². The van der Waals surface area contributed by atoms with Gasteiger partial charge in [0.15, 0.2) is 23.0 Å². The van der Waals surface area contributed by atoms with Crippen molar-refractivity contribution in [1.82, 2.24) is 0 Å². The Morgan fingerprint density at radius 3 is 1.24 bits per heavy atom. The maximum Gasteiger partial charge on any atom is 0.169 e. The zero-order valence-corrected chi connectivity index (χ0v) is 16.6. The standard InChI is InChI=1S/C22H30O3/c1-13-9-15(21(3,4)5)19(23)17(11-13)25-18-12-14(2)10-16(20(18)24)22(6,7)8/h9-12,23-24H,1-8H3. The van der Waals surface area contributed by atoms with Crippen LogP contribution in [0.4, 0.5) is 0 Å². The molecule has 0 spiro atoms. The van der Waals surface area contributed by atoms with Crippen LogP contribution in [0.15, 0.2) is 24.3 Å². The van der Waals surface area contributed by atoms with Crippen LogP contribution < -0.4 is 4.74 Å². The molecule has 2 aromatic carbocycles. The molecule has 0 aromatic heterocycles. The summed E-state index contributed by atoms with van der Waals surface area (Å²) in [7, 11) is 0. The maximum atomic E-state index is 10.7. The van der Waals surface area contributed by atoms with Crippen molar-refractivity contribution in [2.24, 2.45) is 0 Å². The van der Waals surface area contributed by atoms with Crippen LogP contribution >= 0.6 is 0 Å². The number of aromatic hydroxyl groups is 2. The topological polar surface area (TPSA) is 49.7 Å². The molecule has 0 saturated heterocycles. The first-order valence-corrected chi connectivity index (χ1v) is 8.66. The Hall–Kier alpha value is -2.16. The summed E-state index contributed by atoms with van der Waals surface area (Å²) in [6.07, 6.45) is 0. The molecule has 25 heavy (non-hydrogen) atoms. The number of hydrogen-bond donors (Lipinski definition) is 2. The van der Waals surface area contributed by atoms with E-state index in [0.717, 1.165) is 22.3 Å². The lowest BCUT2D eigenvalue weighted by atomic mass is 9.85. The van der Waals surface area contributed by atoms with Crippen molar-refractivity contribution in [2.45, 2.75) is 66.2 Å². The van der Waals surface area contributed by atoms with E-state index < -0.39 is 0 Å². The van der Waals surface area contributed by atoms with E-state index in [1.54, 1.807) is 12.1 Å². The minimum Gasteiger partial charge on any atom is -0.504 e. The molecule has 0 aliphatic rings. The first-order valence-electron chi connectivity index (χ1n) is 8.66. The number of rotatable bonds is 2. The highest BCUT2D eigenvalue weighted by Gasteiger charge is 2.25. The summed E-state index contributed by atoms with van der Waals surface area (Å²) in [5.41, 5.74) is 3.23. The van der Waals surface area contributed by atoms with Gasteiger partial charge in [-0.25, -0.2) is 0 Å². The summed E-state index contributed by atoms with van der Waals surface area (Å²) in [5, 5.41) is 21.4. The molecular weight excluding hydrogens is 312 g/mol. The van der Waals surface area contributed by atoms with Crippen molar-refractivity contribution in [3.63, 3.8) is 0 Å². The third kappa shape index (κ3) is 4.09. The SMILES string of the molecule is Cc1cc(Oc2cc(C)cc(C(C)(C)C)c2O)c(O)c(C(C)(C)C)c1. The minimum absolute atomic E-state index is 0.122. The van der Waals surface area contributed by atoms with Gasteiger partial charge in [-0.2, -0.15) is 0 Å². The average molecular weight is 342 g/mol. The minimum atomic E-state index is -0.209. The van der Waals surface area contributed by atoms with Crippen molar-refractivity contribution in [2.75, 3.05) is 0 Å². The zero-order valence-electron chi connectivity index (χ0n) is 16.6. The molecule has 0 saturated carbocycles. The molecule has 2 rings (SSSR count). The first kappa shape index (κ1) is 19.2. The van der Waals surface area contributed by atoms with Crippen LogP contribution in [0.3, 0.4) is 0 Å². The van der Waals surface area contributed by atoms with Crippen LogP contribution in [0.25, 0.3) is 0 Å². The van der Waals surface area contributed by atoms with Gasteiger partial charge in [-0.3, -0.25) is 0 Å². The number of hydrogen-bond acceptors (Lipinski definition) is 3. The molecular formula is C22H30O3. The van der Waals surface area contributed by atoms with Gasteiger partial charge in [0.25, 0.3) is 0 Å². The lowest BCUT2D eigenvalue weighted by molar-refractivity contribution is 0.370. The second kappa shape index (κ2) is 6.29. The molecule has 0 atom stereocenters.